The van der Waals surface area contributed by atoms with Crippen LogP contribution in [0.25, 0.3) is 0 Å². The average Bonchev–Trinajstić information content (AvgIpc) is 3.18. The Labute approximate surface area is 188 Å². The van der Waals surface area contributed by atoms with E-state index in [-0.39, 0.29) is 29.9 Å². The van der Waals surface area contributed by atoms with E-state index in [4.69, 9.17) is 0 Å². The van der Waals surface area contributed by atoms with E-state index >= 15 is 0 Å². The summed E-state index contributed by atoms with van der Waals surface area (Å²) in [7, 11) is 1.76. The fourth-order valence-corrected chi connectivity index (χ4v) is 4.16. The van der Waals surface area contributed by atoms with Crippen molar-refractivity contribution in [3.8, 4) is 0 Å². The standard InChI is InChI=1S/C21H28N4OS.HI/c1-22-21(23-12-5-8-17-6-3-2-4-7-17)24-13-9-20(26)25-14-10-19-18(16-25)11-15-27-19;/h2-4,6-7,11,15H,5,8-10,12-14,16H2,1H3,(H2,22,23,24);1H. The quantitative estimate of drug-likeness (QED) is 0.259. The largest absolute Gasteiger partial charge is 0.356 e. The lowest BCUT2D eigenvalue weighted by atomic mass is 10.1. The molecule has 0 bridgehead atoms. The van der Waals surface area contributed by atoms with Gasteiger partial charge in [0.2, 0.25) is 5.91 Å². The van der Waals surface area contributed by atoms with Crippen LogP contribution in [0, 0.1) is 0 Å². The molecule has 2 heterocycles. The summed E-state index contributed by atoms with van der Waals surface area (Å²) in [4.78, 5) is 20.1. The summed E-state index contributed by atoms with van der Waals surface area (Å²) in [6.07, 6.45) is 3.56. The SMILES string of the molecule is CN=C(NCCCc1ccccc1)NCCC(=O)N1CCc2sccc2C1.I. The number of hydrogen-bond acceptors (Lipinski definition) is 3. The predicted octanol–water partition coefficient (Wildman–Crippen LogP) is 3.44. The summed E-state index contributed by atoms with van der Waals surface area (Å²) in [5.74, 6) is 0.966. The number of benzene rings is 1. The Bertz CT molecular complexity index is 763. The number of guanidine groups is 1. The van der Waals surface area contributed by atoms with Crippen molar-refractivity contribution in [2.45, 2.75) is 32.2 Å². The van der Waals surface area contributed by atoms with E-state index in [9.17, 15) is 4.79 Å². The summed E-state index contributed by atoms with van der Waals surface area (Å²) in [6, 6.07) is 12.6. The zero-order valence-corrected chi connectivity index (χ0v) is 19.5. The fraction of sp³-hybridized carbons (Fsp3) is 0.429. The minimum absolute atomic E-state index is 0. The van der Waals surface area contributed by atoms with Crippen LogP contribution in [0.1, 0.15) is 28.8 Å². The highest BCUT2D eigenvalue weighted by molar-refractivity contribution is 14.0. The van der Waals surface area contributed by atoms with Crippen LogP contribution < -0.4 is 10.6 Å². The number of aryl methyl sites for hydroxylation is 1. The van der Waals surface area contributed by atoms with Crippen molar-refractivity contribution in [3.63, 3.8) is 0 Å². The van der Waals surface area contributed by atoms with Crippen molar-refractivity contribution in [3.05, 3.63) is 57.8 Å². The van der Waals surface area contributed by atoms with Crippen molar-refractivity contribution in [1.82, 2.24) is 15.5 Å². The van der Waals surface area contributed by atoms with Crippen LogP contribution in [0.4, 0.5) is 0 Å². The smallest absolute Gasteiger partial charge is 0.224 e. The number of rotatable bonds is 7. The summed E-state index contributed by atoms with van der Waals surface area (Å²) < 4.78 is 0. The predicted molar refractivity (Wildman–Crippen MR) is 128 cm³/mol. The second-order valence-corrected chi connectivity index (χ2v) is 7.70. The van der Waals surface area contributed by atoms with E-state index in [0.29, 0.717) is 13.0 Å². The fourth-order valence-electron chi connectivity index (χ4n) is 3.27. The summed E-state index contributed by atoms with van der Waals surface area (Å²) in [5.41, 5.74) is 2.66. The van der Waals surface area contributed by atoms with E-state index in [1.165, 1.54) is 16.0 Å². The van der Waals surface area contributed by atoms with Crippen molar-refractivity contribution in [1.29, 1.82) is 0 Å². The van der Waals surface area contributed by atoms with E-state index in [2.05, 4.69) is 51.3 Å². The molecule has 5 nitrogen and oxygen atoms in total. The Morgan fingerprint density at radius 3 is 2.75 bits per heavy atom. The highest BCUT2D eigenvalue weighted by Gasteiger charge is 2.20. The molecule has 2 aromatic rings. The van der Waals surface area contributed by atoms with Crippen LogP contribution in [0.2, 0.25) is 0 Å². The van der Waals surface area contributed by atoms with Gasteiger partial charge in [-0.2, -0.15) is 0 Å². The third-order valence-corrected chi connectivity index (χ3v) is 5.82. The highest BCUT2D eigenvalue weighted by Crippen LogP contribution is 2.24. The Morgan fingerprint density at radius 1 is 1.18 bits per heavy atom. The maximum Gasteiger partial charge on any atom is 0.224 e. The normalized spacial score (nSPS) is 13.5. The third-order valence-electron chi connectivity index (χ3n) is 4.79. The molecule has 1 aliphatic rings. The zero-order chi connectivity index (χ0) is 18.9. The Hall–Kier alpha value is -1.61. The minimum atomic E-state index is 0. The van der Waals surface area contributed by atoms with Gasteiger partial charge in [0, 0.05) is 44.5 Å². The molecule has 2 N–H and O–H groups in total. The average molecular weight is 512 g/mol. The molecule has 0 unspecified atom stereocenters. The van der Waals surface area contributed by atoms with E-state index in [0.717, 1.165) is 44.9 Å². The van der Waals surface area contributed by atoms with Crippen molar-refractivity contribution >= 4 is 47.2 Å². The van der Waals surface area contributed by atoms with Crippen LogP contribution in [0.3, 0.4) is 0 Å². The van der Waals surface area contributed by atoms with E-state index < -0.39 is 0 Å². The zero-order valence-electron chi connectivity index (χ0n) is 16.3. The summed E-state index contributed by atoms with van der Waals surface area (Å²) in [5, 5.41) is 8.68. The minimum Gasteiger partial charge on any atom is -0.356 e. The Kier molecular flexibility index (Phi) is 9.77. The molecule has 0 aliphatic carbocycles. The number of thiophene rings is 1. The molecular formula is C21H29IN4OS. The Morgan fingerprint density at radius 2 is 1.96 bits per heavy atom. The second-order valence-electron chi connectivity index (χ2n) is 6.70. The number of carbonyl (C=O) groups excluding carboxylic acids is 1. The van der Waals surface area contributed by atoms with E-state index in [1.54, 1.807) is 18.4 Å². The third kappa shape index (κ3) is 6.77. The van der Waals surface area contributed by atoms with Crippen LogP contribution in [0.15, 0.2) is 46.8 Å². The first-order valence-corrected chi connectivity index (χ1v) is 10.5. The van der Waals surface area contributed by atoms with Gasteiger partial charge in [-0.1, -0.05) is 30.3 Å². The van der Waals surface area contributed by atoms with Gasteiger partial charge in [-0.25, -0.2) is 0 Å². The molecule has 3 rings (SSSR count). The maximum atomic E-state index is 12.4. The number of fused-ring (bicyclic) bond motifs is 1. The molecule has 7 heteroatoms. The van der Waals surface area contributed by atoms with Gasteiger partial charge in [0.15, 0.2) is 5.96 Å². The van der Waals surface area contributed by atoms with Gasteiger partial charge in [-0.15, -0.1) is 35.3 Å². The van der Waals surface area contributed by atoms with Crippen molar-refractivity contribution < 1.29 is 4.79 Å². The first-order valence-electron chi connectivity index (χ1n) is 9.57. The van der Waals surface area contributed by atoms with Crippen LogP contribution in [0.5, 0.6) is 0 Å². The van der Waals surface area contributed by atoms with E-state index in [1.807, 2.05) is 11.0 Å². The molecule has 0 saturated carbocycles. The van der Waals surface area contributed by atoms with Gasteiger partial charge in [0.05, 0.1) is 0 Å². The first kappa shape index (κ1) is 22.7. The summed E-state index contributed by atoms with van der Waals surface area (Å²) >= 11 is 1.80. The molecule has 1 amide bonds. The molecule has 0 atom stereocenters. The first-order chi connectivity index (χ1) is 13.3. The van der Waals surface area contributed by atoms with Gasteiger partial charge >= 0.3 is 0 Å². The molecule has 152 valence electrons. The van der Waals surface area contributed by atoms with Crippen molar-refractivity contribution in [2.24, 2.45) is 4.99 Å². The molecule has 0 spiro atoms. The number of amides is 1. The van der Waals surface area contributed by atoms with Gasteiger partial charge in [0.25, 0.3) is 0 Å². The number of nitrogens with zero attached hydrogens (tertiary/aromatic N) is 2. The molecule has 1 aromatic heterocycles. The molecule has 28 heavy (non-hydrogen) atoms. The molecule has 0 saturated heterocycles. The number of aliphatic imine (C=N–C) groups is 1. The molecular weight excluding hydrogens is 483 g/mol. The molecule has 0 radical (unpaired) electrons. The van der Waals surface area contributed by atoms with Gasteiger partial charge in [-0.3, -0.25) is 9.79 Å². The number of hydrogen-bond donors (Lipinski definition) is 2. The Balaban J connectivity index is 0.00000280. The molecule has 0 fully saturated rings. The maximum absolute atomic E-state index is 12.4. The number of carbonyl (C=O) groups is 1. The molecule has 1 aliphatic heterocycles. The molecule has 1 aromatic carbocycles. The lowest BCUT2D eigenvalue weighted by molar-refractivity contribution is -0.131. The van der Waals surface area contributed by atoms with Crippen molar-refractivity contribution in [2.75, 3.05) is 26.7 Å². The van der Waals surface area contributed by atoms with Gasteiger partial charge in [-0.05, 0) is 41.8 Å². The second kappa shape index (κ2) is 12.1. The lowest BCUT2D eigenvalue weighted by Crippen LogP contribution is -2.41. The highest BCUT2D eigenvalue weighted by atomic mass is 127. The number of nitrogens with one attached hydrogen (secondary N) is 2. The number of halogens is 1. The van der Waals surface area contributed by atoms with Crippen LogP contribution >= 0.6 is 35.3 Å². The monoisotopic (exact) mass is 512 g/mol. The van der Waals surface area contributed by atoms with Gasteiger partial charge < -0.3 is 15.5 Å². The lowest BCUT2D eigenvalue weighted by Gasteiger charge is -2.27. The van der Waals surface area contributed by atoms with Gasteiger partial charge in [0.1, 0.15) is 0 Å². The van der Waals surface area contributed by atoms with Crippen LogP contribution in [-0.2, 0) is 24.2 Å². The topological polar surface area (TPSA) is 56.7 Å². The summed E-state index contributed by atoms with van der Waals surface area (Å²) in [6.45, 7) is 3.04. The van der Waals surface area contributed by atoms with Crippen LogP contribution in [-0.4, -0.2) is 43.4 Å².